The summed E-state index contributed by atoms with van der Waals surface area (Å²) < 4.78 is 5.93. The first-order valence-corrected chi connectivity index (χ1v) is 8.36. The molecule has 0 atom stereocenters. The quantitative estimate of drug-likeness (QED) is 0.578. The third-order valence-corrected chi connectivity index (χ3v) is 4.00. The van der Waals surface area contributed by atoms with Gasteiger partial charge in [0.05, 0.1) is 6.61 Å². The molecule has 0 aliphatic carbocycles. The van der Waals surface area contributed by atoms with Gasteiger partial charge in [0.25, 0.3) is 0 Å². The Kier molecular flexibility index (Phi) is 6.64. The number of thioether (sulfide) groups is 1. The third kappa shape index (κ3) is 5.82. The number of hydrogen-bond donors (Lipinski definition) is 1. The maximum atomic E-state index is 5.93. The molecule has 0 heterocycles. The van der Waals surface area contributed by atoms with E-state index in [9.17, 15) is 0 Å². The van der Waals surface area contributed by atoms with E-state index < -0.39 is 0 Å². The smallest absolute Gasteiger partial charge is 0.123 e. The zero-order valence-corrected chi connectivity index (χ0v) is 13.5. The molecule has 0 aromatic heterocycles. The van der Waals surface area contributed by atoms with Gasteiger partial charge < -0.3 is 10.1 Å². The molecule has 3 heteroatoms. The topological polar surface area (TPSA) is 21.3 Å². The molecule has 0 fully saturated rings. The standard InChI is InChI=1S/C18H23NOS/c1-15(2)19-14-16-8-6-7-11-18(16)20-12-13-21-17-9-4-3-5-10-17/h3-11,15,19H,12-14H2,1-2H3. The van der Waals surface area contributed by atoms with E-state index in [0.717, 1.165) is 24.7 Å². The lowest BCUT2D eigenvalue weighted by Gasteiger charge is -2.13. The van der Waals surface area contributed by atoms with E-state index in [4.69, 9.17) is 4.74 Å². The Hall–Kier alpha value is -1.45. The molecule has 2 aromatic carbocycles. The zero-order valence-electron chi connectivity index (χ0n) is 12.7. The van der Waals surface area contributed by atoms with Crippen molar-refractivity contribution < 1.29 is 4.74 Å². The van der Waals surface area contributed by atoms with Gasteiger partial charge >= 0.3 is 0 Å². The fourth-order valence-electron chi connectivity index (χ4n) is 1.93. The van der Waals surface area contributed by atoms with Crippen molar-refractivity contribution in [1.82, 2.24) is 5.32 Å². The van der Waals surface area contributed by atoms with E-state index in [-0.39, 0.29) is 0 Å². The molecular formula is C18H23NOS. The monoisotopic (exact) mass is 301 g/mol. The van der Waals surface area contributed by atoms with Crippen LogP contribution < -0.4 is 10.1 Å². The van der Waals surface area contributed by atoms with Crippen molar-refractivity contribution in [2.45, 2.75) is 31.3 Å². The second kappa shape index (κ2) is 8.75. The van der Waals surface area contributed by atoms with Gasteiger partial charge in [-0.1, -0.05) is 50.2 Å². The number of nitrogens with one attached hydrogen (secondary N) is 1. The highest BCUT2D eigenvalue weighted by Crippen LogP contribution is 2.20. The van der Waals surface area contributed by atoms with E-state index in [2.05, 4.69) is 55.6 Å². The number of benzene rings is 2. The first kappa shape index (κ1) is 15.9. The summed E-state index contributed by atoms with van der Waals surface area (Å²) in [6, 6.07) is 19.2. The normalized spacial score (nSPS) is 10.8. The lowest BCUT2D eigenvalue weighted by molar-refractivity contribution is 0.338. The first-order valence-electron chi connectivity index (χ1n) is 7.37. The highest BCUT2D eigenvalue weighted by Gasteiger charge is 2.03. The molecule has 0 unspecified atom stereocenters. The van der Waals surface area contributed by atoms with Crippen molar-refractivity contribution in [2.24, 2.45) is 0 Å². The van der Waals surface area contributed by atoms with Crippen LogP contribution in [0.25, 0.3) is 0 Å². The minimum absolute atomic E-state index is 0.478. The van der Waals surface area contributed by atoms with Gasteiger partial charge in [0, 0.05) is 28.8 Å². The van der Waals surface area contributed by atoms with Crippen molar-refractivity contribution in [3.63, 3.8) is 0 Å². The van der Waals surface area contributed by atoms with Crippen molar-refractivity contribution in [1.29, 1.82) is 0 Å². The molecule has 0 spiro atoms. The van der Waals surface area contributed by atoms with Crippen molar-refractivity contribution in [3.05, 3.63) is 60.2 Å². The maximum absolute atomic E-state index is 5.93. The van der Waals surface area contributed by atoms with Gasteiger partial charge in [-0.25, -0.2) is 0 Å². The average molecular weight is 301 g/mol. The van der Waals surface area contributed by atoms with Gasteiger partial charge in [0.2, 0.25) is 0 Å². The summed E-state index contributed by atoms with van der Waals surface area (Å²) in [7, 11) is 0. The van der Waals surface area contributed by atoms with Crippen LogP contribution in [0.2, 0.25) is 0 Å². The van der Waals surface area contributed by atoms with Crippen LogP contribution >= 0.6 is 11.8 Å². The lowest BCUT2D eigenvalue weighted by Crippen LogP contribution is -2.22. The molecule has 1 N–H and O–H groups in total. The van der Waals surface area contributed by atoms with Crippen molar-refractivity contribution in [3.8, 4) is 5.75 Å². The average Bonchev–Trinajstić information content (AvgIpc) is 2.51. The Bertz CT molecular complexity index is 528. The number of ether oxygens (including phenoxy) is 1. The minimum Gasteiger partial charge on any atom is -0.492 e. The molecule has 2 rings (SSSR count). The van der Waals surface area contributed by atoms with Crippen LogP contribution in [0.15, 0.2) is 59.5 Å². The van der Waals surface area contributed by atoms with E-state index >= 15 is 0 Å². The van der Waals surface area contributed by atoms with Gasteiger partial charge in [-0.3, -0.25) is 0 Å². The number of hydrogen-bond acceptors (Lipinski definition) is 3. The summed E-state index contributed by atoms with van der Waals surface area (Å²) in [6.45, 7) is 5.87. The molecular weight excluding hydrogens is 278 g/mol. The molecule has 0 aliphatic rings. The van der Waals surface area contributed by atoms with Crippen LogP contribution in [0.3, 0.4) is 0 Å². The van der Waals surface area contributed by atoms with E-state index in [1.165, 1.54) is 10.5 Å². The second-order valence-electron chi connectivity index (χ2n) is 5.15. The van der Waals surface area contributed by atoms with Crippen LogP contribution in [-0.4, -0.2) is 18.4 Å². The fourth-order valence-corrected chi connectivity index (χ4v) is 2.68. The van der Waals surface area contributed by atoms with Gasteiger partial charge in [0.1, 0.15) is 5.75 Å². The van der Waals surface area contributed by atoms with E-state index in [1.807, 2.05) is 30.0 Å². The summed E-state index contributed by atoms with van der Waals surface area (Å²) >= 11 is 1.82. The summed E-state index contributed by atoms with van der Waals surface area (Å²) in [5.41, 5.74) is 1.22. The summed E-state index contributed by atoms with van der Waals surface area (Å²) in [6.07, 6.45) is 0. The Morgan fingerprint density at radius 1 is 1.00 bits per heavy atom. The molecule has 2 nitrogen and oxygen atoms in total. The predicted octanol–water partition coefficient (Wildman–Crippen LogP) is 4.36. The molecule has 0 bridgehead atoms. The van der Waals surface area contributed by atoms with Crippen molar-refractivity contribution >= 4 is 11.8 Å². The number of rotatable bonds is 8. The van der Waals surface area contributed by atoms with Crippen LogP contribution in [0.1, 0.15) is 19.4 Å². The molecule has 0 saturated heterocycles. The highest BCUT2D eigenvalue weighted by atomic mass is 32.2. The van der Waals surface area contributed by atoms with Crippen LogP contribution in [0.5, 0.6) is 5.75 Å². The van der Waals surface area contributed by atoms with Crippen LogP contribution in [0, 0.1) is 0 Å². The molecule has 21 heavy (non-hydrogen) atoms. The van der Waals surface area contributed by atoms with Gasteiger partial charge in [-0.15, -0.1) is 11.8 Å². The maximum Gasteiger partial charge on any atom is 0.123 e. The van der Waals surface area contributed by atoms with E-state index in [0.29, 0.717) is 6.04 Å². The van der Waals surface area contributed by atoms with Gasteiger partial charge in [0.15, 0.2) is 0 Å². The molecule has 0 amide bonds. The van der Waals surface area contributed by atoms with Gasteiger partial charge in [-0.05, 0) is 18.2 Å². The lowest BCUT2D eigenvalue weighted by atomic mass is 10.2. The Labute approximate surface area is 131 Å². The largest absolute Gasteiger partial charge is 0.492 e. The summed E-state index contributed by atoms with van der Waals surface area (Å²) in [5, 5.41) is 3.43. The first-order chi connectivity index (χ1) is 10.3. The Morgan fingerprint density at radius 3 is 2.48 bits per heavy atom. The molecule has 112 valence electrons. The van der Waals surface area contributed by atoms with Gasteiger partial charge in [-0.2, -0.15) is 0 Å². The van der Waals surface area contributed by atoms with Crippen molar-refractivity contribution in [2.75, 3.05) is 12.4 Å². The number of para-hydroxylation sites is 1. The Morgan fingerprint density at radius 2 is 1.71 bits per heavy atom. The zero-order chi connectivity index (χ0) is 14.9. The Balaban J connectivity index is 1.80. The molecule has 2 aromatic rings. The van der Waals surface area contributed by atoms with E-state index in [1.54, 1.807) is 0 Å². The predicted molar refractivity (Wildman–Crippen MR) is 91.1 cm³/mol. The molecule has 0 aliphatic heterocycles. The fraction of sp³-hybridized carbons (Fsp3) is 0.333. The summed E-state index contributed by atoms with van der Waals surface area (Å²) in [5.74, 6) is 1.94. The van der Waals surface area contributed by atoms with Crippen LogP contribution in [0.4, 0.5) is 0 Å². The minimum atomic E-state index is 0.478. The third-order valence-electron chi connectivity index (χ3n) is 3.03. The highest BCUT2D eigenvalue weighted by molar-refractivity contribution is 7.99. The SMILES string of the molecule is CC(C)NCc1ccccc1OCCSc1ccccc1. The second-order valence-corrected chi connectivity index (χ2v) is 6.32. The molecule has 0 saturated carbocycles. The molecule has 0 radical (unpaired) electrons. The summed E-state index contributed by atoms with van der Waals surface area (Å²) in [4.78, 5) is 1.29. The van der Waals surface area contributed by atoms with Crippen LogP contribution in [-0.2, 0) is 6.54 Å².